The average molecular weight is 259 g/mol. The van der Waals surface area contributed by atoms with Crippen LogP contribution in [0.3, 0.4) is 0 Å². The lowest BCUT2D eigenvalue weighted by Crippen LogP contribution is -2.42. The van der Waals surface area contributed by atoms with Gasteiger partial charge in [0.2, 0.25) is 0 Å². The first-order valence-corrected chi connectivity index (χ1v) is 6.05. The van der Waals surface area contributed by atoms with E-state index in [1.54, 1.807) is 24.4 Å². The quantitative estimate of drug-likeness (QED) is 0.809. The minimum Gasteiger partial charge on any atom is -0.394 e. The lowest BCUT2D eigenvalue weighted by atomic mass is 10.2. The van der Waals surface area contributed by atoms with Crippen molar-refractivity contribution in [3.8, 4) is 0 Å². The number of carbonyl (C=O) groups excluding carboxylic acids is 1. The van der Waals surface area contributed by atoms with Gasteiger partial charge in [-0.05, 0) is 25.0 Å². The molecule has 0 aromatic carbocycles. The highest BCUT2D eigenvalue weighted by molar-refractivity contribution is 5.94. The topological polar surface area (TPSA) is 83.7 Å². The smallest absolute Gasteiger partial charge is 0.270 e. The molecule has 1 saturated carbocycles. The van der Waals surface area contributed by atoms with Crippen LogP contribution in [-0.2, 0) is 0 Å². The van der Waals surface area contributed by atoms with E-state index in [2.05, 4.69) is 10.3 Å². The summed E-state index contributed by atoms with van der Waals surface area (Å²) in [5, 5.41) is 11.9. The molecule has 0 radical (unpaired) electrons. The second-order valence-corrected chi connectivity index (χ2v) is 4.80. The Morgan fingerprint density at radius 3 is 2.95 bits per heavy atom. The molecule has 98 valence electrons. The number of nitrogens with zero attached hydrogens (tertiary/aromatic N) is 2. The van der Waals surface area contributed by atoms with Gasteiger partial charge in [0.25, 0.3) is 11.5 Å². The van der Waals surface area contributed by atoms with E-state index in [-0.39, 0.29) is 12.2 Å². The van der Waals surface area contributed by atoms with Gasteiger partial charge in [-0.3, -0.25) is 14.0 Å². The molecule has 0 atom stereocenters. The number of carbonyl (C=O) groups is 1. The fourth-order valence-electron chi connectivity index (χ4n) is 1.96. The van der Waals surface area contributed by atoms with Crippen molar-refractivity contribution in [1.29, 1.82) is 0 Å². The molecular weight excluding hydrogens is 246 g/mol. The molecule has 6 nitrogen and oxygen atoms in total. The maximum absolute atomic E-state index is 12.2. The first-order valence-electron chi connectivity index (χ1n) is 6.05. The Bertz CT molecular complexity index is 704. The van der Waals surface area contributed by atoms with Crippen LogP contribution in [0.4, 0.5) is 0 Å². The second-order valence-electron chi connectivity index (χ2n) is 4.80. The van der Waals surface area contributed by atoms with E-state index in [1.807, 2.05) is 0 Å². The number of rotatable bonds is 3. The van der Waals surface area contributed by atoms with Crippen LogP contribution >= 0.6 is 0 Å². The van der Waals surface area contributed by atoms with Crippen molar-refractivity contribution in [3.63, 3.8) is 0 Å². The van der Waals surface area contributed by atoms with Crippen LogP contribution in [0.25, 0.3) is 5.65 Å². The summed E-state index contributed by atoms with van der Waals surface area (Å²) in [5.74, 6) is -0.484. The van der Waals surface area contributed by atoms with E-state index in [9.17, 15) is 14.7 Å². The molecule has 1 aliphatic rings. The number of fused-ring (bicyclic) bond motifs is 1. The van der Waals surface area contributed by atoms with Gasteiger partial charge in [0.1, 0.15) is 11.2 Å². The van der Waals surface area contributed by atoms with Gasteiger partial charge < -0.3 is 10.4 Å². The first kappa shape index (κ1) is 11.9. The van der Waals surface area contributed by atoms with Gasteiger partial charge in [-0.15, -0.1) is 0 Å². The summed E-state index contributed by atoms with van der Waals surface area (Å²) < 4.78 is 1.33. The Labute approximate surface area is 108 Å². The fourth-order valence-corrected chi connectivity index (χ4v) is 1.96. The van der Waals surface area contributed by atoms with Crippen LogP contribution in [0.15, 0.2) is 35.4 Å². The summed E-state index contributed by atoms with van der Waals surface area (Å²) in [4.78, 5) is 28.3. The summed E-state index contributed by atoms with van der Waals surface area (Å²) in [6, 6.07) is 5.17. The molecule has 2 aromatic heterocycles. The summed E-state index contributed by atoms with van der Waals surface area (Å²) in [7, 11) is 0. The largest absolute Gasteiger partial charge is 0.394 e. The molecule has 2 heterocycles. The Hall–Kier alpha value is -2.21. The molecule has 6 heteroatoms. The number of hydrogen-bond acceptors (Lipinski definition) is 4. The number of pyridine rings is 1. The maximum atomic E-state index is 12.2. The van der Waals surface area contributed by atoms with Crippen molar-refractivity contribution in [2.45, 2.75) is 18.4 Å². The van der Waals surface area contributed by atoms with E-state index in [4.69, 9.17) is 0 Å². The third kappa shape index (κ3) is 2.00. The molecule has 1 aliphatic carbocycles. The molecule has 0 unspecified atom stereocenters. The van der Waals surface area contributed by atoms with Crippen molar-refractivity contribution in [2.75, 3.05) is 6.61 Å². The number of nitrogens with one attached hydrogen (secondary N) is 1. The Morgan fingerprint density at radius 1 is 1.47 bits per heavy atom. The minimum absolute atomic E-state index is 0.0107. The van der Waals surface area contributed by atoms with Crippen molar-refractivity contribution < 1.29 is 9.90 Å². The molecule has 0 spiro atoms. The maximum Gasteiger partial charge on any atom is 0.270 e. The Balaban J connectivity index is 1.99. The van der Waals surface area contributed by atoms with Crippen LogP contribution in [0.2, 0.25) is 0 Å². The van der Waals surface area contributed by atoms with Gasteiger partial charge in [-0.25, -0.2) is 4.98 Å². The first-order chi connectivity index (χ1) is 9.15. The van der Waals surface area contributed by atoms with Crippen molar-refractivity contribution >= 4 is 11.6 Å². The van der Waals surface area contributed by atoms with Gasteiger partial charge in [0.15, 0.2) is 0 Å². The molecule has 0 aliphatic heterocycles. The van der Waals surface area contributed by atoms with Crippen LogP contribution in [0.1, 0.15) is 23.2 Å². The lowest BCUT2D eigenvalue weighted by molar-refractivity contribution is 0.0904. The van der Waals surface area contributed by atoms with Gasteiger partial charge in [-0.2, -0.15) is 0 Å². The van der Waals surface area contributed by atoms with Gasteiger partial charge in [0, 0.05) is 12.4 Å². The fraction of sp³-hybridized carbons (Fsp3) is 0.308. The second kappa shape index (κ2) is 4.17. The number of aliphatic hydroxyl groups excluding tert-OH is 1. The molecule has 0 saturated heterocycles. The van der Waals surface area contributed by atoms with Gasteiger partial charge in [0.05, 0.1) is 12.1 Å². The summed E-state index contributed by atoms with van der Waals surface area (Å²) in [5.41, 5.74) is -0.465. The predicted molar refractivity (Wildman–Crippen MR) is 68.0 cm³/mol. The van der Waals surface area contributed by atoms with Crippen LogP contribution in [0, 0.1) is 0 Å². The number of aliphatic hydroxyl groups is 1. The third-order valence-electron chi connectivity index (χ3n) is 3.39. The Kier molecular flexibility index (Phi) is 2.60. The summed E-state index contributed by atoms with van der Waals surface area (Å²) in [6.45, 7) is -0.110. The number of hydrogen-bond donors (Lipinski definition) is 2. The zero-order chi connectivity index (χ0) is 13.5. The van der Waals surface area contributed by atoms with Crippen LogP contribution < -0.4 is 10.9 Å². The van der Waals surface area contributed by atoms with E-state index < -0.39 is 17.0 Å². The summed E-state index contributed by atoms with van der Waals surface area (Å²) >= 11 is 0. The van der Waals surface area contributed by atoms with E-state index in [0.29, 0.717) is 5.65 Å². The Morgan fingerprint density at radius 2 is 2.26 bits per heavy atom. The van der Waals surface area contributed by atoms with Gasteiger partial charge in [-0.1, -0.05) is 6.07 Å². The SMILES string of the molecule is O=C(NC1(CO)CC1)c1cnc2ccccn2c1=O. The standard InChI is InChI=1S/C13H13N3O3/c17-8-13(4-5-13)15-11(18)9-7-14-10-3-1-2-6-16(10)12(9)19/h1-3,6-7,17H,4-5,8H2,(H,15,18). The zero-order valence-electron chi connectivity index (χ0n) is 10.2. The molecule has 3 rings (SSSR count). The highest BCUT2D eigenvalue weighted by atomic mass is 16.3. The van der Waals surface area contributed by atoms with Gasteiger partial charge >= 0.3 is 0 Å². The number of aromatic nitrogens is 2. The predicted octanol–water partition coefficient (Wildman–Crippen LogP) is -0.0508. The molecule has 2 aromatic rings. The molecule has 2 N–H and O–H groups in total. The number of amides is 1. The normalized spacial score (nSPS) is 16.3. The summed E-state index contributed by atoms with van der Waals surface area (Å²) in [6.07, 6.45) is 4.32. The van der Waals surface area contributed by atoms with E-state index in [0.717, 1.165) is 12.8 Å². The molecular formula is C13H13N3O3. The van der Waals surface area contributed by atoms with Crippen molar-refractivity contribution in [1.82, 2.24) is 14.7 Å². The molecule has 0 bridgehead atoms. The average Bonchev–Trinajstić information content (AvgIpc) is 3.19. The molecule has 19 heavy (non-hydrogen) atoms. The zero-order valence-corrected chi connectivity index (χ0v) is 10.2. The lowest BCUT2D eigenvalue weighted by Gasteiger charge is -2.13. The molecule has 1 amide bonds. The third-order valence-corrected chi connectivity index (χ3v) is 3.39. The van der Waals surface area contributed by atoms with Crippen molar-refractivity contribution in [3.05, 3.63) is 46.5 Å². The molecule has 1 fully saturated rings. The highest BCUT2D eigenvalue weighted by Gasteiger charge is 2.43. The monoisotopic (exact) mass is 259 g/mol. The highest BCUT2D eigenvalue weighted by Crippen LogP contribution is 2.34. The van der Waals surface area contributed by atoms with Crippen molar-refractivity contribution in [2.24, 2.45) is 0 Å². The van der Waals surface area contributed by atoms with Crippen LogP contribution in [0.5, 0.6) is 0 Å². The minimum atomic E-state index is -0.542. The van der Waals surface area contributed by atoms with E-state index in [1.165, 1.54) is 10.6 Å². The van der Waals surface area contributed by atoms with E-state index >= 15 is 0 Å². The van der Waals surface area contributed by atoms with Crippen LogP contribution in [-0.4, -0.2) is 32.5 Å².